The van der Waals surface area contributed by atoms with Crippen molar-refractivity contribution in [1.29, 1.82) is 0 Å². The first-order valence-electron chi connectivity index (χ1n) is 9.80. The molecule has 8 nitrogen and oxygen atoms in total. The summed E-state index contributed by atoms with van der Waals surface area (Å²) in [6.45, 7) is 5.08. The normalized spacial score (nSPS) is 10.6. The molecule has 1 aromatic heterocycles. The second-order valence-electron chi connectivity index (χ2n) is 7.03. The Hall–Kier alpha value is -3.68. The summed E-state index contributed by atoms with van der Waals surface area (Å²) in [4.78, 5) is 23.0. The lowest BCUT2D eigenvalue weighted by Crippen LogP contribution is -2.25. The lowest BCUT2D eigenvalue weighted by Gasteiger charge is -2.08. The van der Waals surface area contributed by atoms with Crippen molar-refractivity contribution in [1.82, 2.24) is 15.1 Å². The minimum absolute atomic E-state index is 0.0488. The molecule has 0 spiro atoms. The summed E-state index contributed by atoms with van der Waals surface area (Å²) in [5.41, 5.74) is 3.52. The molecule has 1 amide bonds. The summed E-state index contributed by atoms with van der Waals surface area (Å²) in [7, 11) is 0. The highest BCUT2D eigenvalue weighted by molar-refractivity contribution is 5.94. The molecule has 0 unspecified atom stereocenters. The topological polar surface area (TPSA) is 102 Å². The van der Waals surface area contributed by atoms with Crippen molar-refractivity contribution in [3.05, 3.63) is 87.2 Å². The first kappa shape index (κ1) is 21.0. The number of hydrogen-bond acceptors (Lipinski definition) is 5. The molecule has 3 aromatic rings. The summed E-state index contributed by atoms with van der Waals surface area (Å²) in [6.07, 6.45) is 0.815. The fourth-order valence-corrected chi connectivity index (χ4v) is 3.22. The van der Waals surface area contributed by atoms with Crippen molar-refractivity contribution in [2.75, 3.05) is 18.4 Å². The van der Waals surface area contributed by atoms with Crippen LogP contribution >= 0.6 is 0 Å². The first-order chi connectivity index (χ1) is 14.5. The summed E-state index contributed by atoms with van der Waals surface area (Å²) in [5, 5.41) is 21.6. The summed E-state index contributed by atoms with van der Waals surface area (Å²) in [5.74, 6) is -0.122. The molecule has 0 atom stereocenters. The van der Waals surface area contributed by atoms with E-state index in [9.17, 15) is 14.9 Å². The van der Waals surface area contributed by atoms with Crippen molar-refractivity contribution in [3.63, 3.8) is 0 Å². The number of aryl methyl sites for hydroxylation is 1. The van der Waals surface area contributed by atoms with Crippen LogP contribution in [-0.4, -0.2) is 33.7 Å². The minimum Gasteiger partial charge on any atom is -0.385 e. The van der Waals surface area contributed by atoms with Gasteiger partial charge in [0.15, 0.2) is 0 Å². The zero-order chi connectivity index (χ0) is 21.5. The Balaban J connectivity index is 1.48. The van der Waals surface area contributed by atoms with Gasteiger partial charge in [-0.2, -0.15) is 5.10 Å². The summed E-state index contributed by atoms with van der Waals surface area (Å²) >= 11 is 0. The molecule has 156 valence electrons. The monoisotopic (exact) mass is 407 g/mol. The molecule has 0 aliphatic carbocycles. The van der Waals surface area contributed by atoms with Crippen molar-refractivity contribution in [3.8, 4) is 0 Å². The van der Waals surface area contributed by atoms with Gasteiger partial charge in [0, 0.05) is 24.3 Å². The van der Waals surface area contributed by atoms with Gasteiger partial charge in [-0.05, 0) is 50.1 Å². The van der Waals surface area contributed by atoms with E-state index in [4.69, 9.17) is 0 Å². The second kappa shape index (κ2) is 9.69. The summed E-state index contributed by atoms with van der Waals surface area (Å²) < 4.78 is 1.61. The Bertz CT molecular complexity index is 1010. The number of rotatable bonds is 9. The average molecular weight is 407 g/mol. The maximum atomic E-state index is 12.3. The van der Waals surface area contributed by atoms with E-state index in [1.807, 2.05) is 42.5 Å². The van der Waals surface area contributed by atoms with E-state index in [-0.39, 0.29) is 11.6 Å². The predicted molar refractivity (Wildman–Crippen MR) is 116 cm³/mol. The number of carbonyl (C=O) groups is 1. The zero-order valence-electron chi connectivity index (χ0n) is 17.1. The van der Waals surface area contributed by atoms with Crippen LogP contribution in [0.2, 0.25) is 0 Å². The number of hydrogen-bond donors (Lipinski definition) is 2. The molecule has 8 heteroatoms. The lowest BCUT2D eigenvalue weighted by molar-refractivity contribution is -0.386. The molecule has 0 aliphatic rings. The third-order valence-corrected chi connectivity index (χ3v) is 4.82. The lowest BCUT2D eigenvalue weighted by atomic mass is 10.1. The fourth-order valence-electron chi connectivity index (χ4n) is 3.22. The maximum Gasteiger partial charge on any atom is 0.312 e. The number of para-hydroxylation sites is 1. The highest BCUT2D eigenvalue weighted by Crippen LogP contribution is 2.22. The van der Waals surface area contributed by atoms with Crippen molar-refractivity contribution in [2.45, 2.75) is 26.8 Å². The van der Waals surface area contributed by atoms with Gasteiger partial charge in [-0.25, -0.2) is 0 Å². The predicted octanol–water partition coefficient (Wildman–Crippen LogP) is 3.69. The largest absolute Gasteiger partial charge is 0.385 e. The van der Waals surface area contributed by atoms with E-state index in [1.54, 1.807) is 30.7 Å². The second-order valence-corrected chi connectivity index (χ2v) is 7.03. The molecule has 0 fully saturated rings. The number of nitrogens with zero attached hydrogens (tertiary/aromatic N) is 3. The number of nitro groups is 1. The highest BCUT2D eigenvalue weighted by Gasteiger charge is 2.21. The van der Waals surface area contributed by atoms with E-state index >= 15 is 0 Å². The maximum absolute atomic E-state index is 12.3. The van der Waals surface area contributed by atoms with Crippen LogP contribution in [0.3, 0.4) is 0 Å². The van der Waals surface area contributed by atoms with Gasteiger partial charge in [0.2, 0.25) is 0 Å². The standard InChI is InChI=1S/C22H25N5O3/c1-16-21(27(29)30)17(2)26(25-16)15-18-9-11-19(12-10-18)22(28)24-14-6-13-23-20-7-4-3-5-8-20/h3-5,7-12,23H,6,13-15H2,1-2H3,(H,24,28). The van der Waals surface area contributed by atoms with E-state index in [1.165, 1.54) is 0 Å². The Morgan fingerprint density at radius 3 is 2.40 bits per heavy atom. The molecule has 3 rings (SSSR count). The molecule has 1 heterocycles. The average Bonchev–Trinajstić information content (AvgIpc) is 3.02. The van der Waals surface area contributed by atoms with E-state index in [0.717, 1.165) is 24.2 Å². The molecule has 0 radical (unpaired) electrons. The fraction of sp³-hybridized carbons (Fsp3) is 0.273. The number of amides is 1. The van der Waals surface area contributed by atoms with Crippen molar-refractivity contribution < 1.29 is 9.72 Å². The van der Waals surface area contributed by atoms with Crippen LogP contribution in [0.1, 0.15) is 33.7 Å². The Morgan fingerprint density at radius 2 is 1.77 bits per heavy atom. The number of aromatic nitrogens is 2. The van der Waals surface area contributed by atoms with E-state index < -0.39 is 4.92 Å². The van der Waals surface area contributed by atoms with Gasteiger partial charge in [0.1, 0.15) is 11.4 Å². The van der Waals surface area contributed by atoms with Gasteiger partial charge in [-0.1, -0.05) is 30.3 Å². The van der Waals surface area contributed by atoms with Gasteiger partial charge in [-0.15, -0.1) is 0 Å². The van der Waals surface area contributed by atoms with Crippen molar-refractivity contribution in [2.24, 2.45) is 0 Å². The van der Waals surface area contributed by atoms with Crippen LogP contribution in [0.5, 0.6) is 0 Å². The quantitative estimate of drug-likeness (QED) is 0.320. The van der Waals surface area contributed by atoms with E-state index in [0.29, 0.717) is 30.0 Å². The first-order valence-corrected chi connectivity index (χ1v) is 9.80. The third kappa shape index (κ3) is 5.22. The van der Waals surface area contributed by atoms with Crippen LogP contribution in [0.25, 0.3) is 0 Å². The molecular formula is C22H25N5O3. The number of benzene rings is 2. The molecule has 2 aromatic carbocycles. The number of carbonyl (C=O) groups excluding carboxylic acids is 1. The number of nitrogens with one attached hydrogen (secondary N) is 2. The van der Waals surface area contributed by atoms with Crippen molar-refractivity contribution >= 4 is 17.3 Å². The van der Waals surface area contributed by atoms with Crippen LogP contribution in [0, 0.1) is 24.0 Å². The summed E-state index contributed by atoms with van der Waals surface area (Å²) in [6, 6.07) is 17.1. The Labute approximate surface area is 175 Å². The van der Waals surface area contributed by atoms with E-state index in [2.05, 4.69) is 15.7 Å². The van der Waals surface area contributed by atoms with Crippen LogP contribution in [-0.2, 0) is 6.54 Å². The Morgan fingerprint density at radius 1 is 1.07 bits per heavy atom. The molecule has 30 heavy (non-hydrogen) atoms. The van der Waals surface area contributed by atoms with Crippen LogP contribution < -0.4 is 10.6 Å². The molecule has 2 N–H and O–H groups in total. The highest BCUT2D eigenvalue weighted by atomic mass is 16.6. The minimum atomic E-state index is -0.406. The van der Waals surface area contributed by atoms with Gasteiger partial charge >= 0.3 is 5.69 Å². The van der Waals surface area contributed by atoms with Gasteiger partial charge in [0.05, 0.1) is 11.5 Å². The van der Waals surface area contributed by atoms with Crippen LogP contribution in [0.15, 0.2) is 54.6 Å². The molecular weight excluding hydrogens is 382 g/mol. The van der Waals surface area contributed by atoms with Gasteiger partial charge < -0.3 is 10.6 Å². The smallest absolute Gasteiger partial charge is 0.312 e. The molecule has 0 saturated carbocycles. The van der Waals surface area contributed by atoms with Gasteiger partial charge in [0.25, 0.3) is 5.91 Å². The zero-order valence-corrected chi connectivity index (χ0v) is 17.1. The van der Waals surface area contributed by atoms with Gasteiger partial charge in [-0.3, -0.25) is 19.6 Å². The molecule has 0 saturated heterocycles. The third-order valence-electron chi connectivity index (χ3n) is 4.82. The molecule has 0 aliphatic heterocycles. The molecule has 0 bridgehead atoms. The number of anilines is 1. The Kier molecular flexibility index (Phi) is 6.79. The SMILES string of the molecule is Cc1nn(Cc2ccc(C(=O)NCCCNc3ccccc3)cc2)c(C)c1[N+](=O)[O-]. The van der Waals surface area contributed by atoms with Crippen LogP contribution in [0.4, 0.5) is 11.4 Å².